The minimum Gasteiger partial charge on any atom is -0.378 e. The molecule has 1 aromatic rings. The van der Waals surface area contributed by atoms with Crippen LogP contribution in [0, 0.1) is 11.8 Å². The van der Waals surface area contributed by atoms with Gasteiger partial charge in [-0.05, 0) is 36.0 Å². The van der Waals surface area contributed by atoms with Crippen LogP contribution in [0.3, 0.4) is 0 Å². The normalized spacial score (nSPS) is 22.4. The number of benzene rings is 1. The molecule has 1 aliphatic heterocycles. The lowest BCUT2D eigenvalue weighted by Crippen LogP contribution is -2.31. The van der Waals surface area contributed by atoms with Crippen molar-refractivity contribution in [1.29, 1.82) is 0 Å². The van der Waals surface area contributed by atoms with E-state index in [9.17, 15) is 4.79 Å². The Morgan fingerprint density at radius 2 is 2.10 bits per heavy atom. The lowest BCUT2D eigenvalue weighted by Gasteiger charge is -2.22. The molecule has 0 spiro atoms. The van der Waals surface area contributed by atoms with E-state index in [1.54, 1.807) is 12.1 Å². The molecule has 20 heavy (non-hydrogen) atoms. The molecular weight excluding hydrogens is 252 g/mol. The molecular formula is C16H24N2O2. The maximum Gasteiger partial charge on any atom is 0.248 e. The third kappa shape index (κ3) is 3.81. The lowest BCUT2D eigenvalue weighted by molar-refractivity contribution is 0.0539. The van der Waals surface area contributed by atoms with Crippen molar-refractivity contribution in [2.24, 2.45) is 17.6 Å². The Hall–Kier alpha value is -1.39. The summed E-state index contributed by atoms with van der Waals surface area (Å²) in [5.41, 5.74) is 6.94. The van der Waals surface area contributed by atoms with Crippen molar-refractivity contribution < 1.29 is 9.53 Å². The second-order valence-corrected chi connectivity index (χ2v) is 5.82. The van der Waals surface area contributed by atoms with Gasteiger partial charge in [0.25, 0.3) is 0 Å². The van der Waals surface area contributed by atoms with Gasteiger partial charge < -0.3 is 15.8 Å². The summed E-state index contributed by atoms with van der Waals surface area (Å²) in [6.07, 6.45) is 1.51. The maximum absolute atomic E-state index is 11.0. The molecule has 4 heteroatoms. The molecule has 0 radical (unpaired) electrons. The smallest absolute Gasteiger partial charge is 0.248 e. The maximum atomic E-state index is 11.0. The highest BCUT2D eigenvalue weighted by Gasteiger charge is 2.29. The van der Waals surface area contributed by atoms with Gasteiger partial charge in [-0.1, -0.05) is 26.0 Å². The molecule has 1 fully saturated rings. The van der Waals surface area contributed by atoms with Crippen LogP contribution in [-0.2, 0) is 11.3 Å². The molecule has 0 bridgehead atoms. The molecule has 1 aliphatic rings. The standard InChI is InChI=1S/C16H24N2O2/c1-11(2)15-14(7-8-20-15)10-18-9-12-3-5-13(6-4-12)16(17)19/h3-6,11,14-15,18H,7-10H2,1-2H3,(H2,17,19)/t14-,15-/m1/s1. The van der Waals surface area contributed by atoms with Gasteiger partial charge in [0.2, 0.25) is 5.91 Å². The number of carbonyl (C=O) groups is 1. The minimum atomic E-state index is -0.382. The van der Waals surface area contributed by atoms with E-state index in [0.717, 1.165) is 31.7 Å². The number of amides is 1. The summed E-state index contributed by atoms with van der Waals surface area (Å²) in [4.78, 5) is 11.0. The van der Waals surface area contributed by atoms with Gasteiger partial charge in [-0.3, -0.25) is 4.79 Å². The summed E-state index contributed by atoms with van der Waals surface area (Å²) in [6, 6.07) is 7.43. The first-order valence-corrected chi connectivity index (χ1v) is 7.29. The molecule has 0 unspecified atom stereocenters. The number of primary amides is 1. The molecule has 110 valence electrons. The summed E-state index contributed by atoms with van der Waals surface area (Å²) in [6.45, 7) is 7.08. The Kier molecular flexibility index (Phi) is 5.15. The first kappa shape index (κ1) is 15.0. The minimum absolute atomic E-state index is 0.375. The summed E-state index contributed by atoms with van der Waals surface area (Å²) in [5.74, 6) is 0.784. The third-order valence-electron chi connectivity index (χ3n) is 3.89. The van der Waals surface area contributed by atoms with E-state index in [1.165, 1.54) is 0 Å². The number of hydrogen-bond acceptors (Lipinski definition) is 3. The molecule has 0 saturated carbocycles. The van der Waals surface area contributed by atoms with E-state index < -0.39 is 0 Å². The van der Waals surface area contributed by atoms with Crippen LogP contribution in [0.4, 0.5) is 0 Å². The summed E-state index contributed by atoms with van der Waals surface area (Å²) < 4.78 is 5.78. The van der Waals surface area contributed by atoms with Crippen LogP contribution in [-0.4, -0.2) is 25.2 Å². The fourth-order valence-electron chi connectivity index (χ4n) is 2.80. The Balaban J connectivity index is 1.79. The van der Waals surface area contributed by atoms with Crippen LogP contribution in [0.2, 0.25) is 0 Å². The topological polar surface area (TPSA) is 64.3 Å². The molecule has 0 aromatic heterocycles. The third-order valence-corrected chi connectivity index (χ3v) is 3.89. The highest BCUT2D eigenvalue weighted by atomic mass is 16.5. The number of rotatable bonds is 6. The molecule has 3 N–H and O–H groups in total. The molecule has 2 atom stereocenters. The number of ether oxygens (including phenoxy) is 1. The van der Waals surface area contributed by atoms with Gasteiger partial charge in [0, 0.05) is 25.3 Å². The molecule has 4 nitrogen and oxygen atoms in total. The average Bonchev–Trinajstić information content (AvgIpc) is 2.88. The van der Waals surface area contributed by atoms with E-state index in [1.807, 2.05) is 12.1 Å². The summed E-state index contributed by atoms with van der Waals surface area (Å²) in [5, 5.41) is 3.48. The van der Waals surface area contributed by atoms with Gasteiger partial charge >= 0.3 is 0 Å². The van der Waals surface area contributed by atoms with Gasteiger partial charge in [0.15, 0.2) is 0 Å². The van der Waals surface area contributed by atoms with Crippen molar-refractivity contribution in [3.63, 3.8) is 0 Å². The fraction of sp³-hybridized carbons (Fsp3) is 0.562. The van der Waals surface area contributed by atoms with E-state index in [-0.39, 0.29) is 5.91 Å². The quantitative estimate of drug-likeness (QED) is 0.834. The number of nitrogens with two attached hydrogens (primary N) is 1. The number of hydrogen-bond donors (Lipinski definition) is 2. The fourth-order valence-corrected chi connectivity index (χ4v) is 2.80. The van der Waals surface area contributed by atoms with Gasteiger partial charge in [0.05, 0.1) is 6.10 Å². The predicted molar refractivity (Wildman–Crippen MR) is 79.4 cm³/mol. The molecule has 1 heterocycles. The van der Waals surface area contributed by atoms with Crippen LogP contribution in [0.5, 0.6) is 0 Å². The second kappa shape index (κ2) is 6.86. The van der Waals surface area contributed by atoms with Gasteiger partial charge in [-0.15, -0.1) is 0 Å². The monoisotopic (exact) mass is 276 g/mol. The average molecular weight is 276 g/mol. The summed E-state index contributed by atoms with van der Waals surface area (Å²) in [7, 11) is 0. The first-order chi connectivity index (χ1) is 9.58. The molecule has 1 saturated heterocycles. The van der Waals surface area contributed by atoms with Crippen LogP contribution < -0.4 is 11.1 Å². The van der Waals surface area contributed by atoms with Crippen molar-refractivity contribution in [3.8, 4) is 0 Å². The zero-order chi connectivity index (χ0) is 14.5. The highest BCUT2D eigenvalue weighted by Crippen LogP contribution is 2.26. The Morgan fingerprint density at radius 1 is 1.40 bits per heavy atom. The molecule has 1 amide bonds. The highest BCUT2D eigenvalue weighted by molar-refractivity contribution is 5.92. The van der Waals surface area contributed by atoms with Crippen LogP contribution in [0.15, 0.2) is 24.3 Å². The largest absolute Gasteiger partial charge is 0.378 e. The SMILES string of the molecule is CC(C)[C@H]1OCC[C@@H]1CNCc1ccc(C(N)=O)cc1. The first-order valence-electron chi connectivity index (χ1n) is 7.29. The Morgan fingerprint density at radius 3 is 2.70 bits per heavy atom. The van der Waals surface area contributed by atoms with Gasteiger partial charge in [0.1, 0.15) is 0 Å². The predicted octanol–water partition coefficient (Wildman–Crippen LogP) is 1.94. The van der Waals surface area contributed by atoms with E-state index >= 15 is 0 Å². The van der Waals surface area contributed by atoms with Crippen molar-refractivity contribution in [2.45, 2.75) is 32.9 Å². The van der Waals surface area contributed by atoms with Crippen LogP contribution >= 0.6 is 0 Å². The zero-order valence-corrected chi connectivity index (χ0v) is 12.3. The molecule has 1 aromatic carbocycles. The lowest BCUT2D eigenvalue weighted by atomic mass is 9.93. The van der Waals surface area contributed by atoms with Crippen molar-refractivity contribution in [1.82, 2.24) is 5.32 Å². The molecule has 0 aliphatic carbocycles. The van der Waals surface area contributed by atoms with Gasteiger partial charge in [-0.25, -0.2) is 0 Å². The zero-order valence-electron chi connectivity index (χ0n) is 12.3. The van der Waals surface area contributed by atoms with Crippen molar-refractivity contribution in [2.75, 3.05) is 13.2 Å². The Bertz CT molecular complexity index is 442. The van der Waals surface area contributed by atoms with Crippen molar-refractivity contribution >= 4 is 5.91 Å². The Labute approximate surface area is 120 Å². The number of nitrogens with one attached hydrogen (secondary N) is 1. The van der Waals surface area contributed by atoms with E-state index in [4.69, 9.17) is 10.5 Å². The van der Waals surface area contributed by atoms with Crippen molar-refractivity contribution in [3.05, 3.63) is 35.4 Å². The number of carbonyl (C=O) groups excluding carboxylic acids is 1. The van der Waals surface area contributed by atoms with Gasteiger partial charge in [-0.2, -0.15) is 0 Å². The van der Waals surface area contributed by atoms with E-state index in [2.05, 4.69) is 19.2 Å². The molecule has 2 rings (SSSR count). The van der Waals surface area contributed by atoms with E-state index in [0.29, 0.717) is 23.5 Å². The summed E-state index contributed by atoms with van der Waals surface area (Å²) >= 11 is 0. The van der Waals surface area contributed by atoms with Crippen LogP contribution in [0.25, 0.3) is 0 Å². The second-order valence-electron chi connectivity index (χ2n) is 5.82. The van der Waals surface area contributed by atoms with Crippen LogP contribution in [0.1, 0.15) is 36.2 Å².